The molecule has 1 aromatic heterocycles. The second kappa shape index (κ2) is 9.55. The van der Waals surface area contributed by atoms with Crippen molar-refractivity contribution < 1.29 is 29.3 Å². The van der Waals surface area contributed by atoms with Crippen LogP contribution >= 0.6 is 11.3 Å². The molecule has 1 aliphatic heterocycles. The number of nitrogens with zero attached hydrogens (tertiary/aromatic N) is 2. The zero-order valence-electron chi connectivity index (χ0n) is 19.2. The van der Waals surface area contributed by atoms with Crippen LogP contribution in [-0.2, 0) is 9.59 Å². The van der Waals surface area contributed by atoms with Crippen LogP contribution in [0.25, 0.3) is 6.08 Å². The largest absolute Gasteiger partial charge is 0.504 e. The van der Waals surface area contributed by atoms with Gasteiger partial charge < -0.3 is 14.9 Å². The molecule has 8 nitrogen and oxygen atoms in total. The zero-order valence-corrected chi connectivity index (χ0v) is 20.0. The average Bonchev–Trinajstić information content (AvgIpc) is 3.35. The zero-order chi connectivity index (χ0) is 25.3. The molecule has 9 heteroatoms. The highest BCUT2D eigenvalue weighted by molar-refractivity contribution is 7.17. The van der Waals surface area contributed by atoms with Crippen molar-refractivity contribution >= 4 is 40.0 Å². The second-order valence-electron chi connectivity index (χ2n) is 7.85. The number of aryl methyl sites for hydroxylation is 1. The Kier molecular flexibility index (Phi) is 6.52. The smallest absolute Gasteiger partial charge is 0.296 e. The number of Topliss-reactive ketones (excluding diaryl/α,β-unsaturated/α-hetero) is 1. The molecule has 0 spiro atoms. The van der Waals surface area contributed by atoms with E-state index in [1.165, 1.54) is 43.2 Å². The Morgan fingerprint density at radius 3 is 2.49 bits per heavy atom. The van der Waals surface area contributed by atoms with Crippen molar-refractivity contribution in [3.05, 3.63) is 87.6 Å². The van der Waals surface area contributed by atoms with Crippen LogP contribution in [0.3, 0.4) is 0 Å². The number of anilines is 1. The first kappa shape index (κ1) is 23.9. The molecular weight excluding hydrogens is 468 g/mol. The number of aromatic nitrogens is 1. The normalized spacial score (nSPS) is 15.8. The molecule has 0 fully saturated rings. The van der Waals surface area contributed by atoms with Crippen LogP contribution in [0, 0.1) is 6.92 Å². The molecule has 3 aromatic rings. The van der Waals surface area contributed by atoms with Gasteiger partial charge >= 0.3 is 0 Å². The van der Waals surface area contributed by atoms with E-state index in [2.05, 4.69) is 4.98 Å². The number of rotatable bonds is 7. The molecule has 0 bridgehead atoms. The molecule has 0 saturated heterocycles. The Balaban J connectivity index is 1.84. The predicted molar refractivity (Wildman–Crippen MR) is 132 cm³/mol. The molecule has 35 heavy (non-hydrogen) atoms. The monoisotopic (exact) mass is 490 g/mol. The average molecular weight is 491 g/mol. The maximum absolute atomic E-state index is 13.3. The van der Waals surface area contributed by atoms with E-state index in [0.29, 0.717) is 16.1 Å². The first-order chi connectivity index (χ1) is 16.7. The minimum atomic E-state index is -1.06. The van der Waals surface area contributed by atoms with Gasteiger partial charge in [-0.2, -0.15) is 0 Å². The fourth-order valence-electron chi connectivity index (χ4n) is 3.87. The minimum Gasteiger partial charge on any atom is -0.504 e. The van der Waals surface area contributed by atoms with Gasteiger partial charge in [0, 0.05) is 6.92 Å². The van der Waals surface area contributed by atoms with E-state index in [0.717, 1.165) is 16.9 Å². The summed E-state index contributed by atoms with van der Waals surface area (Å²) in [7, 11) is 1.38. The topological polar surface area (TPSA) is 117 Å². The van der Waals surface area contributed by atoms with Gasteiger partial charge in [0.05, 0.1) is 29.3 Å². The Bertz CT molecular complexity index is 1390. The number of allylic oxidation sites excluding steroid dienone is 1. The summed E-state index contributed by atoms with van der Waals surface area (Å²) < 4.78 is 5.21. The van der Waals surface area contributed by atoms with Crippen LogP contribution in [0.1, 0.15) is 39.5 Å². The number of phenols is 1. The van der Waals surface area contributed by atoms with Gasteiger partial charge in [-0.3, -0.25) is 19.3 Å². The molecule has 0 radical (unpaired) electrons. The number of methoxy groups -OCH3 is 1. The van der Waals surface area contributed by atoms with Crippen molar-refractivity contribution in [2.75, 3.05) is 12.0 Å². The number of phenolic OH excluding ortho intramolecular Hbond substituents is 1. The Labute approximate surface area is 205 Å². The standard InChI is InChI=1S/C26H22N2O6S/c1-14-24(15(2)29)35-26(27-14)28-22(17-10-12-18(30)20(13-17)34-3)21(23(32)25(28)33)19(31)11-9-16-7-5-4-6-8-16/h4-13,22,30,32H,1-3H3. The number of thiazole rings is 1. The van der Waals surface area contributed by atoms with Crippen molar-refractivity contribution in [2.45, 2.75) is 19.9 Å². The van der Waals surface area contributed by atoms with E-state index in [4.69, 9.17) is 4.74 Å². The van der Waals surface area contributed by atoms with Crippen molar-refractivity contribution in [2.24, 2.45) is 0 Å². The van der Waals surface area contributed by atoms with E-state index in [1.807, 2.05) is 30.3 Å². The summed E-state index contributed by atoms with van der Waals surface area (Å²) in [6, 6.07) is 12.5. The summed E-state index contributed by atoms with van der Waals surface area (Å²) in [4.78, 5) is 44.5. The SMILES string of the molecule is COc1cc(C2C(C(=O)C=Cc3ccccc3)=C(O)C(=O)N2c2nc(C)c(C(C)=O)s2)ccc1O. The van der Waals surface area contributed by atoms with Crippen molar-refractivity contribution in [1.82, 2.24) is 4.98 Å². The predicted octanol–water partition coefficient (Wildman–Crippen LogP) is 4.55. The molecule has 0 aliphatic carbocycles. The number of hydrogen-bond acceptors (Lipinski definition) is 8. The summed E-state index contributed by atoms with van der Waals surface area (Å²) >= 11 is 1.00. The lowest BCUT2D eigenvalue weighted by molar-refractivity contribution is -0.117. The third kappa shape index (κ3) is 4.45. The minimum absolute atomic E-state index is 0.124. The van der Waals surface area contributed by atoms with E-state index in [-0.39, 0.29) is 28.0 Å². The van der Waals surface area contributed by atoms with E-state index >= 15 is 0 Å². The molecule has 0 saturated carbocycles. The van der Waals surface area contributed by atoms with E-state index in [9.17, 15) is 24.6 Å². The molecule has 2 N–H and O–H groups in total. The third-order valence-electron chi connectivity index (χ3n) is 5.53. The van der Waals surface area contributed by atoms with Gasteiger partial charge in [0.2, 0.25) is 0 Å². The molecule has 1 unspecified atom stereocenters. The van der Waals surface area contributed by atoms with Crippen LogP contribution in [0.15, 0.2) is 65.9 Å². The van der Waals surface area contributed by atoms with Crippen LogP contribution in [-0.4, -0.2) is 39.8 Å². The summed E-state index contributed by atoms with van der Waals surface area (Å²) in [5.41, 5.74) is 1.47. The highest BCUT2D eigenvalue weighted by Crippen LogP contribution is 2.44. The number of amides is 1. The number of carbonyl (C=O) groups is 3. The summed E-state index contributed by atoms with van der Waals surface area (Å²) in [5.74, 6) is -2.29. The molecule has 1 aliphatic rings. The first-order valence-electron chi connectivity index (χ1n) is 10.6. The van der Waals surface area contributed by atoms with Gasteiger partial charge in [-0.1, -0.05) is 53.8 Å². The van der Waals surface area contributed by atoms with Crippen LogP contribution in [0.4, 0.5) is 5.13 Å². The molecule has 2 heterocycles. The Morgan fingerprint density at radius 1 is 1.14 bits per heavy atom. The summed E-state index contributed by atoms with van der Waals surface area (Å²) in [5, 5.41) is 21.0. The number of ether oxygens (including phenoxy) is 1. The number of aliphatic hydroxyl groups is 1. The number of ketones is 2. The molecule has 1 amide bonds. The fourth-order valence-corrected chi connectivity index (χ4v) is 4.86. The Morgan fingerprint density at radius 2 is 1.86 bits per heavy atom. The van der Waals surface area contributed by atoms with Gasteiger partial charge in [0.1, 0.15) is 0 Å². The maximum Gasteiger partial charge on any atom is 0.296 e. The van der Waals surface area contributed by atoms with Crippen molar-refractivity contribution in [1.29, 1.82) is 0 Å². The van der Waals surface area contributed by atoms with Gasteiger partial charge in [-0.25, -0.2) is 4.98 Å². The van der Waals surface area contributed by atoms with Gasteiger partial charge in [-0.05, 0) is 36.3 Å². The lowest BCUT2D eigenvalue weighted by Gasteiger charge is -2.24. The highest BCUT2D eigenvalue weighted by Gasteiger charge is 2.45. The molecule has 178 valence electrons. The highest BCUT2D eigenvalue weighted by atomic mass is 32.1. The van der Waals surface area contributed by atoms with Gasteiger partial charge in [-0.15, -0.1) is 0 Å². The maximum atomic E-state index is 13.3. The number of benzene rings is 2. The van der Waals surface area contributed by atoms with Crippen molar-refractivity contribution in [3.8, 4) is 11.5 Å². The summed E-state index contributed by atoms with van der Waals surface area (Å²) in [6.07, 6.45) is 2.88. The molecule has 1 atom stereocenters. The van der Waals surface area contributed by atoms with Crippen LogP contribution in [0.5, 0.6) is 11.5 Å². The third-order valence-corrected chi connectivity index (χ3v) is 6.79. The second-order valence-corrected chi connectivity index (χ2v) is 8.82. The lowest BCUT2D eigenvalue weighted by Crippen LogP contribution is -2.30. The molecule has 2 aromatic carbocycles. The summed E-state index contributed by atoms with van der Waals surface area (Å²) in [6.45, 7) is 3.05. The number of carbonyl (C=O) groups excluding carboxylic acids is 3. The van der Waals surface area contributed by atoms with Crippen LogP contribution in [0.2, 0.25) is 0 Å². The van der Waals surface area contributed by atoms with Gasteiger partial charge in [0.15, 0.2) is 34.0 Å². The molecular formula is C26H22N2O6S. The Hall–Kier alpha value is -4.24. The van der Waals surface area contributed by atoms with E-state index in [1.54, 1.807) is 13.0 Å². The quantitative estimate of drug-likeness (QED) is 0.369. The molecule has 4 rings (SSSR count). The number of hydrogen-bond donors (Lipinski definition) is 2. The fraction of sp³-hybridized carbons (Fsp3) is 0.154. The van der Waals surface area contributed by atoms with Crippen molar-refractivity contribution in [3.63, 3.8) is 0 Å². The lowest BCUT2D eigenvalue weighted by atomic mass is 9.95. The van der Waals surface area contributed by atoms with Crippen LogP contribution < -0.4 is 9.64 Å². The first-order valence-corrected chi connectivity index (χ1v) is 11.4. The van der Waals surface area contributed by atoms with E-state index < -0.39 is 23.5 Å². The number of aliphatic hydroxyl groups excluding tert-OH is 1. The number of aromatic hydroxyl groups is 1. The van der Waals surface area contributed by atoms with Gasteiger partial charge in [0.25, 0.3) is 5.91 Å².